The van der Waals surface area contributed by atoms with Crippen LogP contribution in [-0.2, 0) is 4.79 Å². The second kappa shape index (κ2) is 8.75. The van der Waals surface area contributed by atoms with Crippen LogP contribution < -0.4 is 0 Å². The van der Waals surface area contributed by atoms with Gasteiger partial charge in [-0.3, -0.25) is 14.5 Å². The summed E-state index contributed by atoms with van der Waals surface area (Å²) in [5.41, 5.74) is 1.21. The number of piperazine rings is 1. The predicted molar refractivity (Wildman–Crippen MR) is 101 cm³/mol. The summed E-state index contributed by atoms with van der Waals surface area (Å²) in [4.78, 5) is 38.8. The van der Waals surface area contributed by atoms with Crippen LogP contribution in [0.5, 0.6) is 0 Å². The van der Waals surface area contributed by atoms with Crippen molar-refractivity contribution in [2.45, 2.75) is 32.2 Å². The van der Waals surface area contributed by atoms with Crippen molar-refractivity contribution in [1.82, 2.24) is 24.7 Å². The van der Waals surface area contributed by atoms with Crippen molar-refractivity contribution in [3.8, 4) is 0 Å². The lowest BCUT2D eigenvalue weighted by Crippen LogP contribution is -2.57. The zero-order valence-corrected chi connectivity index (χ0v) is 16.2. The van der Waals surface area contributed by atoms with Gasteiger partial charge in [-0.15, -0.1) is 0 Å². The first-order chi connectivity index (χ1) is 13.0. The number of piperidine rings is 1. The molecule has 0 aromatic carbocycles. The number of carbonyl (C=O) groups excluding carboxylic acids is 1. The van der Waals surface area contributed by atoms with Crippen LogP contribution in [0.25, 0.3) is 0 Å². The van der Waals surface area contributed by atoms with Crippen molar-refractivity contribution in [3.05, 3.63) is 23.8 Å². The number of rotatable bonds is 5. The number of carboxylic acid groups (broad SMARTS) is 1. The lowest BCUT2D eigenvalue weighted by atomic mass is 9.86. The fraction of sp³-hybridized carbons (Fsp3) is 0.684. The molecule has 2 atom stereocenters. The third kappa shape index (κ3) is 4.81. The number of aromatic nitrogens is 2. The maximum atomic E-state index is 12.9. The molecule has 2 aliphatic heterocycles. The van der Waals surface area contributed by atoms with Gasteiger partial charge in [0.25, 0.3) is 5.91 Å². The highest BCUT2D eigenvalue weighted by atomic mass is 16.4. The summed E-state index contributed by atoms with van der Waals surface area (Å²) in [7, 11) is 2.13. The van der Waals surface area contributed by atoms with E-state index >= 15 is 0 Å². The fourth-order valence-corrected chi connectivity index (χ4v) is 4.20. The Morgan fingerprint density at radius 1 is 1.22 bits per heavy atom. The van der Waals surface area contributed by atoms with Gasteiger partial charge in [-0.25, -0.2) is 9.97 Å². The summed E-state index contributed by atoms with van der Waals surface area (Å²) in [6.07, 6.45) is 4.64. The largest absolute Gasteiger partial charge is 0.481 e. The molecular weight excluding hydrogens is 346 g/mol. The molecule has 0 unspecified atom stereocenters. The Bertz CT molecular complexity index is 675. The Morgan fingerprint density at radius 3 is 2.63 bits per heavy atom. The maximum absolute atomic E-state index is 12.9. The third-order valence-corrected chi connectivity index (χ3v) is 5.86. The number of likely N-dealkylation sites (tertiary alicyclic amines) is 1. The van der Waals surface area contributed by atoms with Gasteiger partial charge in [0, 0.05) is 57.9 Å². The number of carboxylic acids is 1. The normalized spacial score (nSPS) is 24.7. The minimum atomic E-state index is -0.775. The molecule has 2 aliphatic rings. The van der Waals surface area contributed by atoms with Gasteiger partial charge in [-0.2, -0.15) is 0 Å². The second-order valence-electron chi connectivity index (χ2n) is 7.66. The number of hydrogen-bond acceptors (Lipinski definition) is 6. The summed E-state index contributed by atoms with van der Waals surface area (Å²) >= 11 is 0. The molecule has 0 aliphatic carbocycles. The van der Waals surface area contributed by atoms with Crippen molar-refractivity contribution in [1.29, 1.82) is 0 Å². The zero-order chi connectivity index (χ0) is 19.4. The van der Waals surface area contributed by atoms with Gasteiger partial charge in [0.05, 0.1) is 11.3 Å². The Hall–Kier alpha value is -2.06. The van der Waals surface area contributed by atoms with Crippen molar-refractivity contribution in [3.63, 3.8) is 0 Å². The van der Waals surface area contributed by atoms with Crippen LogP contribution in [0.1, 0.15) is 35.3 Å². The van der Waals surface area contributed by atoms with Crippen LogP contribution in [0.2, 0.25) is 0 Å². The number of aliphatic carboxylic acids is 1. The summed E-state index contributed by atoms with van der Waals surface area (Å²) in [5, 5.41) is 9.15. The molecule has 1 amide bonds. The highest BCUT2D eigenvalue weighted by molar-refractivity contribution is 5.95. The number of likely N-dealkylation sites (N-methyl/N-ethyl adjacent to an activating group) is 1. The van der Waals surface area contributed by atoms with Gasteiger partial charge < -0.3 is 14.9 Å². The molecule has 3 rings (SSSR count). The van der Waals surface area contributed by atoms with E-state index in [4.69, 9.17) is 5.11 Å². The van der Waals surface area contributed by atoms with Crippen LogP contribution in [0.4, 0.5) is 0 Å². The molecule has 0 spiro atoms. The SMILES string of the molecule is Cc1ncncc1C(=O)N1CC[C@H](N2CCN(C)CC2)[C@H](CCC(=O)O)C1. The van der Waals surface area contributed by atoms with Crippen LogP contribution >= 0.6 is 0 Å². The molecule has 8 nitrogen and oxygen atoms in total. The Morgan fingerprint density at radius 2 is 1.96 bits per heavy atom. The number of amides is 1. The van der Waals surface area contributed by atoms with E-state index in [2.05, 4.69) is 26.8 Å². The molecule has 0 bridgehead atoms. The molecule has 2 saturated heterocycles. The Balaban J connectivity index is 1.71. The van der Waals surface area contributed by atoms with E-state index in [0.717, 1.165) is 32.6 Å². The van der Waals surface area contributed by atoms with Crippen LogP contribution in [-0.4, -0.2) is 94.0 Å². The summed E-state index contributed by atoms with van der Waals surface area (Å²) in [6.45, 7) is 7.17. The average molecular weight is 375 g/mol. The molecule has 8 heteroatoms. The standard InChI is InChI=1S/C19H29N5O3/c1-14-16(11-20-13-21-14)19(27)24-6-5-17(15(12-24)3-4-18(25)26)23-9-7-22(2)8-10-23/h11,13,15,17H,3-10,12H2,1-2H3,(H,25,26)/t15-,17+/m1/s1. The molecular formula is C19H29N5O3. The topological polar surface area (TPSA) is 89.9 Å². The minimum Gasteiger partial charge on any atom is -0.481 e. The number of hydrogen-bond donors (Lipinski definition) is 1. The molecule has 27 heavy (non-hydrogen) atoms. The lowest BCUT2D eigenvalue weighted by molar-refractivity contribution is -0.137. The zero-order valence-electron chi connectivity index (χ0n) is 16.2. The first kappa shape index (κ1) is 19.7. The van der Waals surface area contributed by atoms with Crippen LogP contribution in [0, 0.1) is 12.8 Å². The van der Waals surface area contributed by atoms with Crippen molar-refractivity contribution < 1.29 is 14.7 Å². The quantitative estimate of drug-likeness (QED) is 0.811. The van der Waals surface area contributed by atoms with E-state index in [1.165, 1.54) is 6.33 Å². The van der Waals surface area contributed by atoms with Crippen molar-refractivity contribution in [2.24, 2.45) is 5.92 Å². The average Bonchev–Trinajstić information content (AvgIpc) is 2.67. The van der Waals surface area contributed by atoms with E-state index in [9.17, 15) is 9.59 Å². The molecule has 0 saturated carbocycles. The Kier molecular flexibility index (Phi) is 6.38. The molecule has 0 radical (unpaired) electrons. The summed E-state index contributed by atoms with van der Waals surface area (Å²) in [5.74, 6) is -0.653. The molecule has 1 aromatic rings. The smallest absolute Gasteiger partial charge is 0.303 e. The summed E-state index contributed by atoms with van der Waals surface area (Å²) in [6, 6.07) is 0.343. The van der Waals surface area contributed by atoms with Gasteiger partial charge >= 0.3 is 5.97 Å². The molecule has 1 aromatic heterocycles. The lowest BCUT2D eigenvalue weighted by Gasteiger charge is -2.46. The van der Waals surface area contributed by atoms with Gasteiger partial charge in [-0.05, 0) is 32.7 Å². The second-order valence-corrected chi connectivity index (χ2v) is 7.66. The number of carbonyl (C=O) groups is 2. The fourth-order valence-electron chi connectivity index (χ4n) is 4.20. The van der Waals surface area contributed by atoms with E-state index in [1.54, 1.807) is 6.20 Å². The van der Waals surface area contributed by atoms with Gasteiger partial charge in [0.1, 0.15) is 6.33 Å². The van der Waals surface area contributed by atoms with Crippen molar-refractivity contribution in [2.75, 3.05) is 46.3 Å². The third-order valence-electron chi connectivity index (χ3n) is 5.86. The first-order valence-electron chi connectivity index (χ1n) is 9.66. The monoisotopic (exact) mass is 375 g/mol. The van der Waals surface area contributed by atoms with Crippen LogP contribution in [0.3, 0.4) is 0 Å². The van der Waals surface area contributed by atoms with Crippen LogP contribution in [0.15, 0.2) is 12.5 Å². The van der Waals surface area contributed by atoms with Gasteiger partial charge in [0.15, 0.2) is 0 Å². The van der Waals surface area contributed by atoms with Gasteiger partial charge in [0.2, 0.25) is 0 Å². The maximum Gasteiger partial charge on any atom is 0.303 e. The first-order valence-corrected chi connectivity index (χ1v) is 9.66. The molecule has 1 N–H and O–H groups in total. The number of nitrogens with zero attached hydrogens (tertiary/aromatic N) is 5. The van der Waals surface area contributed by atoms with E-state index in [1.807, 2.05) is 11.8 Å². The van der Waals surface area contributed by atoms with E-state index in [0.29, 0.717) is 36.8 Å². The highest BCUT2D eigenvalue weighted by Crippen LogP contribution is 2.28. The molecule has 148 valence electrons. The summed E-state index contributed by atoms with van der Waals surface area (Å²) < 4.78 is 0. The van der Waals surface area contributed by atoms with Crippen molar-refractivity contribution >= 4 is 11.9 Å². The minimum absolute atomic E-state index is 0.0507. The highest BCUT2D eigenvalue weighted by Gasteiger charge is 2.36. The Labute approximate surface area is 160 Å². The number of aryl methyl sites for hydroxylation is 1. The van der Waals surface area contributed by atoms with E-state index in [-0.39, 0.29) is 18.2 Å². The predicted octanol–water partition coefficient (Wildman–Crippen LogP) is 0.728. The molecule has 3 heterocycles. The van der Waals surface area contributed by atoms with E-state index < -0.39 is 5.97 Å². The molecule has 2 fully saturated rings. The van der Waals surface area contributed by atoms with Gasteiger partial charge in [-0.1, -0.05) is 0 Å².